The molecule has 2 heterocycles. The number of thioether (sulfide) groups is 1. The first-order chi connectivity index (χ1) is 9.57. The van der Waals surface area contributed by atoms with E-state index in [2.05, 4.69) is 24.0 Å². The molecule has 0 saturated carbocycles. The molecule has 2 aliphatic heterocycles. The van der Waals surface area contributed by atoms with E-state index >= 15 is 0 Å². The van der Waals surface area contributed by atoms with E-state index in [0.29, 0.717) is 21.4 Å². The van der Waals surface area contributed by atoms with Gasteiger partial charge in [-0.25, -0.2) is 0 Å². The number of ether oxygens (including phenoxy) is 1. The molecule has 0 amide bonds. The van der Waals surface area contributed by atoms with Crippen molar-refractivity contribution in [3.8, 4) is 5.75 Å². The summed E-state index contributed by atoms with van der Waals surface area (Å²) in [6.45, 7) is 4.07. The summed E-state index contributed by atoms with van der Waals surface area (Å²) >= 11 is 14.4. The molecular formula is C15H19Cl2NOS. The third kappa shape index (κ3) is 3.06. The minimum atomic E-state index is 0.285. The maximum Gasteiger partial charge on any atom is 0.142 e. The summed E-state index contributed by atoms with van der Waals surface area (Å²) in [6.07, 6.45) is 3.58. The molecule has 1 fully saturated rings. The molecule has 110 valence electrons. The van der Waals surface area contributed by atoms with Crippen LogP contribution in [-0.2, 0) is 0 Å². The highest BCUT2D eigenvalue weighted by Gasteiger charge is 2.31. The predicted molar refractivity (Wildman–Crippen MR) is 87.4 cm³/mol. The zero-order chi connectivity index (χ0) is 14.2. The number of benzene rings is 1. The monoisotopic (exact) mass is 331 g/mol. The Morgan fingerprint density at radius 3 is 3.05 bits per heavy atom. The van der Waals surface area contributed by atoms with Gasteiger partial charge in [-0.15, -0.1) is 0 Å². The normalized spacial score (nSPS) is 29.1. The van der Waals surface area contributed by atoms with Gasteiger partial charge in [-0.1, -0.05) is 23.2 Å². The van der Waals surface area contributed by atoms with E-state index < -0.39 is 0 Å². The maximum absolute atomic E-state index is 6.23. The fraction of sp³-hybridized carbons (Fsp3) is 0.600. The Kier molecular flexibility index (Phi) is 4.42. The zero-order valence-corrected chi connectivity index (χ0v) is 13.9. The molecule has 2 nitrogen and oxygen atoms in total. The van der Waals surface area contributed by atoms with E-state index in [9.17, 15) is 0 Å². The molecule has 1 saturated heterocycles. The average molecular weight is 332 g/mol. The van der Waals surface area contributed by atoms with Crippen LogP contribution in [0.5, 0.6) is 5.75 Å². The summed E-state index contributed by atoms with van der Waals surface area (Å²) < 4.78 is 6.06. The Hall–Kier alpha value is -0.0900. The number of hydrogen-bond acceptors (Lipinski definition) is 3. The Morgan fingerprint density at radius 2 is 2.30 bits per heavy atom. The van der Waals surface area contributed by atoms with E-state index in [1.54, 1.807) is 6.07 Å². The fourth-order valence-corrected chi connectivity index (χ4v) is 4.77. The molecule has 2 unspecified atom stereocenters. The number of fused-ring (bicyclic) bond motifs is 1. The van der Waals surface area contributed by atoms with Crippen molar-refractivity contribution in [2.75, 3.05) is 18.9 Å². The predicted octanol–water partition coefficient (Wildman–Crippen LogP) is 4.69. The summed E-state index contributed by atoms with van der Waals surface area (Å²) in [5, 5.41) is 4.98. The molecule has 0 aromatic heterocycles. The van der Waals surface area contributed by atoms with Crippen LogP contribution in [0.1, 0.15) is 37.8 Å². The van der Waals surface area contributed by atoms with Gasteiger partial charge in [0.25, 0.3) is 0 Å². The number of rotatable bonds is 3. The van der Waals surface area contributed by atoms with Crippen molar-refractivity contribution in [1.29, 1.82) is 0 Å². The third-order valence-electron chi connectivity index (χ3n) is 4.09. The maximum atomic E-state index is 6.23. The van der Waals surface area contributed by atoms with Crippen LogP contribution in [0.3, 0.4) is 0 Å². The van der Waals surface area contributed by atoms with Gasteiger partial charge in [0, 0.05) is 34.3 Å². The van der Waals surface area contributed by atoms with Crippen molar-refractivity contribution in [2.45, 2.75) is 37.0 Å². The van der Waals surface area contributed by atoms with E-state index in [1.165, 1.54) is 18.6 Å². The number of hydrogen-bond donors (Lipinski definition) is 1. The van der Waals surface area contributed by atoms with Crippen LogP contribution in [0.15, 0.2) is 12.1 Å². The Morgan fingerprint density at radius 1 is 1.45 bits per heavy atom. The Bertz CT molecular complexity index is 503. The standard InChI is InChI=1S/C15H19Cl2NOS/c1-15(4-2-6-20-15)9-18-13-3-5-19-14-11(13)7-10(16)8-12(14)17/h7-8,13,18H,2-6,9H2,1H3. The van der Waals surface area contributed by atoms with Gasteiger partial charge in [-0.05, 0) is 37.7 Å². The molecule has 0 aliphatic carbocycles. The fourth-order valence-electron chi connectivity index (χ4n) is 2.95. The van der Waals surface area contributed by atoms with Crippen LogP contribution in [0.2, 0.25) is 10.0 Å². The van der Waals surface area contributed by atoms with E-state index in [0.717, 1.165) is 24.3 Å². The van der Waals surface area contributed by atoms with Gasteiger partial charge >= 0.3 is 0 Å². The van der Waals surface area contributed by atoms with Crippen molar-refractivity contribution < 1.29 is 4.74 Å². The van der Waals surface area contributed by atoms with Crippen molar-refractivity contribution in [3.63, 3.8) is 0 Å². The van der Waals surface area contributed by atoms with Gasteiger partial charge in [-0.3, -0.25) is 0 Å². The second kappa shape index (κ2) is 5.96. The van der Waals surface area contributed by atoms with Crippen LogP contribution < -0.4 is 10.1 Å². The molecular weight excluding hydrogens is 313 g/mol. The molecule has 0 bridgehead atoms. The van der Waals surface area contributed by atoms with Gasteiger partial charge < -0.3 is 10.1 Å². The largest absolute Gasteiger partial charge is 0.492 e. The number of halogens is 2. The lowest BCUT2D eigenvalue weighted by molar-refractivity contribution is 0.250. The lowest BCUT2D eigenvalue weighted by atomic mass is 9.98. The highest BCUT2D eigenvalue weighted by Crippen LogP contribution is 2.41. The quantitative estimate of drug-likeness (QED) is 0.867. The highest BCUT2D eigenvalue weighted by atomic mass is 35.5. The first-order valence-corrected chi connectivity index (χ1v) is 8.81. The first-order valence-electron chi connectivity index (χ1n) is 7.06. The van der Waals surface area contributed by atoms with E-state index in [1.807, 2.05) is 6.07 Å². The van der Waals surface area contributed by atoms with Crippen LogP contribution in [0.4, 0.5) is 0 Å². The lowest BCUT2D eigenvalue weighted by Crippen LogP contribution is -2.37. The van der Waals surface area contributed by atoms with Gasteiger partial charge in [-0.2, -0.15) is 11.8 Å². The van der Waals surface area contributed by atoms with Gasteiger partial charge in [0.15, 0.2) is 0 Å². The molecule has 1 N–H and O–H groups in total. The summed E-state index contributed by atoms with van der Waals surface area (Å²) in [5.41, 5.74) is 1.10. The van der Waals surface area contributed by atoms with Crippen molar-refractivity contribution >= 4 is 35.0 Å². The second-order valence-electron chi connectivity index (χ2n) is 5.78. The molecule has 20 heavy (non-hydrogen) atoms. The van der Waals surface area contributed by atoms with Gasteiger partial charge in [0.05, 0.1) is 11.6 Å². The first kappa shape index (κ1) is 14.8. The second-order valence-corrected chi connectivity index (χ2v) is 8.30. The third-order valence-corrected chi connectivity index (χ3v) is 6.13. The van der Waals surface area contributed by atoms with Gasteiger partial charge in [0.1, 0.15) is 5.75 Å². The summed E-state index contributed by atoms with van der Waals surface area (Å²) in [4.78, 5) is 0. The number of nitrogens with one attached hydrogen (secondary N) is 1. The zero-order valence-electron chi connectivity index (χ0n) is 11.5. The highest BCUT2D eigenvalue weighted by molar-refractivity contribution is 8.00. The smallest absolute Gasteiger partial charge is 0.142 e. The summed E-state index contributed by atoms with van der Waals surface area (Å²) in [6, 6.07) is 4.01. The van der Waals surface area contributed by atoms with Gasteiger partial charge in [0.2, 0.25) is 0 Å². The van der Waals surface area contributed by atoms with E-state index in [-0.39, 0.29) is 6.04 Å². The molecule has 5 heteroatoms. The minimum Gasteiger partial charge on any atom is -0.492 e. The lowest BCUT2D eigenvalue weighted by Gasteiger charge is -2.31. The molecule has 0 radical (unpaired) electrons. The Balaban J connectivity index is 1.76. The summed E-state index contributed by atoms with van der Waals surface area (Å²) in [7, 11) is 0. The molecule has 1 aromatic rings. The van der Waals surface area contributed by atoms with Crippen molar-refractivity contribution in [3.05, 3.63) is 27.7 Å². The molecule has 0 spiro atoms. The SMILES string of the molecule is CC1(CNC2CCOc3c(Cl)cc(Cl)cc32)CCCS1. The van der Waals surface area contributed by atoms with Crippen LogP contribution in [0.25, 0.3) is 0 Å². The minimum absolute atomic E-state index is 0.285. The topological polar surface area (TPSA) is 21.3 Å². The van der Waals surface area contributed by atoms with Crippen molar-refractivity contribution in [1.82, 2.24) is 5.32 Å². The van der Waals surface area contributed by atoms with Crippen LogP contribution >= 0.6 is 35.0 Å². The molecule has 3 rings (SSSR count). The van der Waals surface area contributed by atoms with Crippen molar-refractivity contribution in [2.24, 2.45) is 0 Å². The van der Waals surface area contributed by atoms with E-state index in [4.69, 9.17) is 27.9 Å². The molecule has 2 aliphatic rings. The Labute approximate surface area is 134 Å². The summed E-state index contributed by atoms with van der Waals surface area (Å²) in [5.74, 6) is 2.07. The average Bonchev–Trinajstić information content (AvgIpc) is 2.84. The molecule has 2 atom stereocenters. The van der Waals surface area contributed by atoms with Crippen LogP contribution in [0, 0.1) is 0 Å². The molecule has 1 aromatic carbocycles. The van der Waals surface area contributed by atoms with Crippen LogP contribution in [-0.4, -0.2) is 23.7 Å².